The summed E-state index contributed by atoms with van der Waals surface area (Å²) in [7, 11) is 0. The number of fused-ring (bicyclic) bond motifs is 1. The van der Waals surface area contributed by atoms with Crippen molar-refractivity contribution in [1.82, 2.24) is 9.88 Å². The lowest BCUT2D eigenvalue weighted by molar-refractivity contribution is -0.134. The summed E-state index contributed by atoms with van der Waals surface area (Å²) >= 11 is 0. The van der Waals surface area contributed by atoms with E-state index in [1.165, 1.54) is 12.1 Å². The highest BCUT2D eigenvalue weighted by atomic mass is 19.1. The van der Waals surface area contributed by atoms with Gasteiger partial charge in [-0.2, -0.15) is 0 Å². The normalized spacial score (nSPS) is 16.4. The third kappa shape index (κ3) is 4.10. The molecule has 1 saturated heterocycles. The number of likely N-dealkylation sites (tertiary alicyclic amines) is 1. The van der Waals surface area contributed by atoms with Crippen LogP contribution in [-0.4, -0.2) is 41.4 Å². The van der Waals surface area contributed by atoms with Gasteiger partial charge < -0.3 is 15.4 Å². The van der Waals surface area contributed by atoms with Crippen molar-refractivity contribution in [3.05, 3.63) is 71.7 Å². The first-order valence-corrected chi connectivity index (χ1v) is 9.87. The zero-order valence-electron chi connectivity index (χ0n) is 16.4. The Morgan fingerprint density at radius 2 is 1.93 bits per heavy atom. The number of ether oxygens (including phenoxy) is 1. The molecule has 0 aliphatic carbocycles. The van der Waals surface area contributed by atoms with Gasteiger partial charge in [-0.05, 0) is 37.1 Å². The van der Waals surface area contributed by atoms with E-state index in [4.69, 9.17) is 15.5 Å². The van der Waals surface area contributed by atoms with Gasteiger partial charge in [0.15, 0.2) is 18.2 Å². The standard InChI is InChI=1S/C23H22FN3O3/c24-18-8-2-4-10-20(18)30-14-21(28)27-11-5-7-16(13-27)22-17(23(25)29)12-15-6-1-3-9-19(15)26-22/h1-4,6,8-10,12,16H,5,7,11,13-14H2,(H2,25,29). The van der Waals surface area contributed by atoms with E-state index in [1.807, 2.05) is 24.3 Å². The lowest BCUT2D eigenvalue weighted by Crippen LogP contribution is -2.42. The van der Waals surface area contributed by atoms with Crippen LogP contribution in [0, 0.1) is 5.82 Å². The van der Waals surface area contributed by atoms with E-state index in [0.717, 1.165) is 23.7 Å². The maximum absolute atomic E-state index is 13.7. The first-order chi connectivity index (χ1) is 14.5. The fourth-order valence-corrected chi connectivity index (χ4v) is 3.86. The molecule has 6 nitrogen and oxygen atoms in total. The number of piperidine rings is 1. The molecule has 154 valence electrons. The highest BCUT2D eigenvalue weighted by molar-refractivity contribution is 5.97. The average molecular weight is 407 g/mol. The fourth-order valence-electron chi connectivity index (χ4n) is 3.86. The summed E-state index contributed by atoms with van der Waals surface area (Å²) < 4.78 is 19.1. The summed E-state index contributed by atoms with van der Waals surface area (Å²) in [5.41, 5.74) is 7.40. The third-order valence-corrected chi connectivity index (χ3v) is 5.37. The molecule has 0 radical (unpaired) electrons. The van der Waals surface area contributed by atoms with Crippen molar-refractivity contribution >= 4 is 22.7 Å². The Morgan fingerprint density at radius 3 is 2.73 bits per heavy atom. The summed E-state index contributed by atoms with van der Waals surface area (Å²) in [6.07, 6.45) is 1.56. The maximum atomic E-state index is 13.7. The molecule has 1 aromatic heterocycles. The van der Waals surface area contributed by atoms with Crippen molar-refractivity contribution in [1.29, 1.82) is 0 Å². The quantitative estimate of drug-likeness (QED) is 0.704. The van der Waals surface area contributed by atoms with Gasteiger partial charge in [-0.25, -0.2) is 4.39 Å². The van der Waals surface area contributed by atoms with Crippen LogP contribution >= 0.6 is 0 Å². The number of primary amides is 1. The predicted octanol–water partition coefficient (Wildman–Crippen LogP) is 3.26. The van der Waals surface area contributed by atoms with Gasteiger partial charge in [0, 0.05) is 24.4 Å². The molecule has 2 heterocycles. The van der Waals surface area contributed by atoms with Gasteiger partial charge in [-0.15, -0.1) is 0 Å². The van der Waals surface area contributed by atoms with Crippen LogP contribution in [0.3, 0.4) is 0 Å². The molecule has 0 spiro atoms. The molecule has 2 aromatic carbocycles. The van der Waals surface area contributed by atoms with Crippen LogP contribution in [0.2, 0.25) is 0 Å². The summed E-state index contributed by atoms with van der Waals surface area (Å²) in [6.45, 7) is 0.738. The lowest BCUT2D eigenvalue weighted by atomic mass is 9.90. The molecule has 1 atom stereocenters. The molecule has 1 fully saturated rings. The highest BCUT2D eigenvalue weighted by Gasteiger charge is 2.29. The number of aromatic nitrogens is 1. The largest absolute Gasteiger partial charge is 0.481 e. The Bertz CT molecular complexity index is 1100. The van der Waals surface area contributed by atoms with E-state index < -0.39 is 11.7 Å². The van der Waals surface area contributed by atoms with Crippen molar-refractivity contribution in [3.8, 4) is 5.75 Å². The minimum atomic E-state index is -0.533. The molecule has 0 bridgehead atoms. The molecule has 2 amide bonds. The molecule has 0 saturated carbocycles. The number of hydrogen-bond acceptors (Lipinski definition) is 4. The van der Waals surface area contributed by atoms with E-state index in [2.05, 4.69) is 0 Å². The van der Waals surface area contributed by atoms with Crippen LogP contribution in [0.15, 0.2) is 54.6 Å². The highest BCUT2D eigenvalue weighted by Crippen LogP contribution is 2.30. The smallest absolute Gasteiger partial charge is 0.260 e. The van der Waals surface area contributed by atoms with E-state index in [-0.39, 0.29) is 24.2 Å². The van der Waals surface area contributed by atoms with Crippen LogP contribution in [0.25, 0.3) is 10.9 Å². The zero-order valence-corrected chi connectivity index (χ0v) is 16.4. The maximum Gasteiger partial charge on any atom is 0.260 e. The number of nitrogens with two attached hydrogens (primary N) is 1. The van der Waals surface area contributed by atoms with Crippen LogP contribution in [-0.2, 0) is 4.79 Å². The van der Waals surface area contributed by atoms with Gasteiger partial charge in [-0.3, -0.25) is 14.6 Å². The number of para-hydroxylation sites is 2. The Morgan fingerprint density at radius 1 is 1.17 bits per heavy atom. The van der Waals surface area contributed by atoms with Gasteiger partial charge in [-0.1, -0.05) is 30.3 Å². The van der Waals surface area contributed by atoms with Crippen LogP contribution in [0.4, 0.5) is 4.39 Å². The van der Waals surface area contributed by atoms with E-state index >= 15 is 0 Å². The summed E-state index contributed by atoms with van der Waals surface area (Å²) in [5, 5.41) is 0.845. The van der Waals surface area contributed by atoms with Crippen LogP contribution in [0.5, 0.6) is 5.75 Å². The number of carbonyl (C=O) groups excluding carboxylic acids is 2. The van der Waals surface area contributed by atoms with Crippen molar-refractivity contribution in [3.63, 3.8) is 0 Å². The molecule has 4 rings (SSSR count). The van der Waals surface area contributed by atoms with E-state index in [0.29, 0.717) is 24.3 Å². The Balaban J connectivity index is 1.52. The summed E-state index contributed by atoms with van der Waals surface area (Å²) in [6, 6.07) is 15.3. The molecule has 1 aliphatic heterocycles. The van der Waals surface area contributed by atoms with Gasteiger partial charge in [0.05, 0.1) is 16.8 Å². The first-order valence-electron chi connectivity index (χ1n) is 9.87. The molecule has 1 aliphatic rings. The number of hydrogen-bond donors (Lipinski definition) is 1. The number of rotatable bonds is 5. The van der Waals surface area contributed by atoms with Gasteiger partial charge in [0.1, 0.15) is 0 Å². The minimum absolute atomic E-state index is 0.0478. The first kappa shape index (κ1) is 19.8. The summed E-state index contributed by atoms with van der Waals surface area (Å²) in [4.78, 5) is 31.1. The molecule has 30 heavy (non-hydrogen) atoms. The Labute approximate surface area is 173 Å². The van der Waals surface area contributed by atoms with E-state index in [1.54, 1.807) is 23.1 Å². The van der Waals surface area contributed by atoms with Crippen LogP contribution in [0.1, 0.15) is 34.8 Å². The van der Waals surface area contributed by atoms with Crippen molar-refractivity contribution in [2.45, 2.75) is 18.8 Å². The number of carbonyl (C=O) groups is 2. The molecule has 3 aromatic rings. The molecule has 7 heteroatoms. The molecule has 1 unspecified atom stereocenters. The van der Waals surface area contributed by atoms with Gasteiger partial charge in [0.2, 0.25) is 0 Å². The number of amides is 2. The summed E-state index contributed by atoms with van der Waals surface area (Å²) in [5.74, 6) is -1.33. The molecular formula is C23H22FN3O3. The SMILES string of the molecule is NC(=O)c1cc2ccccc2nc1C1CCCN(C(=O)COc2ccccc2F)C1. The minimum Gasteiger partial charge on any atom is -0.481 e. The lowest BCUT2D eigenvalue weighted by Gasteiger charge is -2.33. The van der Waals surface area contributed by atoms with Crippen LogP contribution < -0.4 is 10.5 Å². The second-order valence-electron chi connectivity index (χ2n) is 7.38. The second kappa shape index (κ2) is 8.49. The number of benzene rings is 2. The van der Waals surface area contributed by atoms with Gasteiger partial charge >= 0.3 is 0 Å². The number of nitrogens with zero attached hydrogens (tertiary/aromatic N) is 2. The predicted molar refractivity (Wildman–Crippen MR) is 111 cm³/mol. The van der Waals surface area contributed by atoms with Crippen molar-refractivity contribution < 1.29 is 18.7 Å². The number of pyridine rings is 1. The van der Waals surface area contributed by atoms with Crippen molar-refractivity contribution in [2.24, 2.45) is 5.73 Å². The zero-order chi connectivity index (χ0) is 21.1. The third-order valence-electron chi connectivity index (χ3n) is 5.37. The average Bonchev–Trinajstić information content (AvgIpc) is 2.77. The van der Waals surface area contributed by atoms with E-state index in [9.17, 15) is 14.0 Å². The number of halogens is 1. The molecule has 2 N–H and O–H groups in total. The molecular weight excluding hydrogens is 385 g/mol. The second-order valence-corrected chi connectivity index (χ2v) is 7.38. The Hall–Kier alpha value is -3.48. The topological polar surface area (TPSA) is 85.5 Å². The monoisotopic (exact) mass is 407 g/mol. The Kier molecular flexibility index (Phi) is 5.61. The van der Waals surface area contributed by atoms with Gasteiger partial charge in [0.25, 0.3) is 11.8 Å². The fraction of sp³-hybridized carbons (Fsp3) is 0.261. The van der Waals surface area contributed by atoms with Crippen molar-refractivity contribution in [2.75, 3.05) is 19.7 Å².